The van der Waals surface area contributed by atoms with Gasteiger partial charge in [-0.3, -0.25) is 0 Å². The van der Waals surface area contributed by atoms with Gasteiger partial charge in [0.25, 0.3) is 0 Å². The summed E-state index contributed by atoms with van der Waals surface area (Å²) in [6.45, 7) is 1.70. The van der Waals surface area contributed by atoms with E-state index in [0.717, 1.165) is 112 Å². The number of rotatable bonds is 2. The molecule has 1 spiro atoms. The number of hydrogen-bond acceptors (Lipinski definition) is 0. The number of halogens is 6. The number of benzene rings is 10. The topological polar surface area (TPSA) is 0 Å². The fourth-order valence-corrected chi connectivity index (χ4v) is 10.8. The molecule has 0 saturated carbocycles. The summed E-state index contributed by atoms with van der Waals surface area (Å²) in [5.74, 6) is -8.20. The Morgan fingerprint density at radius 1 is 0.317 bits per heavy atom. The molecule has 10 aromatic rings. The van der Waals surface area contributed by atoms with E-state index in [4.69, 9.17) is 0 Å². The largest absolute Gasteiger partial charge is 0.309 e. The normalized spacial score (nSPS) is 14.1. The summed E-state index contributed by atoms with van der Waals surface area (Å²) in [6.07, 6.45) is 0. The third-order valence-corrected chi connectivity index (χ3v) is 13.4. The number of quaternary nitrogens is 1. The van der Waals surface area contributed by atoms with Crippen molar-refractivity contribution in [1.29, 1.82) is 0 Å². The Morgan fingerprint density at radius 2 is 0.651 bits per heavy atom. The fraction of sp³-hybridized carbons (Fsp3) is 0.0714. The molecule has 7 heteroatoms. The predicted molar refractivity (Wildman–Crippen MR) is 239 cm³/mol. The number of fused-ring (bicyclic) bond motifs is 14. The van der Waals surface area contributed by atoms with Crippen LogP contribution in [0.1, 0.15) is 22.3 Å². The van der Waals surface area contributed by atoms with Gasteiger partial charge in [-0.2, -0.15) is 0 Å². The van der Waals surface area contributed by atoms with Crippen LogP contribution in [-0.2, 0) is 26.2 Å². The van der Waals surface area contributed by atoms with Crippen molar-refractivity contribution in [3.8, 4) is 44.5 Å². The van der Waals surface area contributed by atoms with E-state index >= 15 is 17.6 Å². The van der Waals surface area contributed by atoms with Gasteiger partial charge in [0, 0.05) is 33.4 Å². The maximum Gasteiger partial charge on any atom is 0.194 e. The highest BCUT2D eigenvalue weighted by atomic mass is 19.2. The predicted octanol–water partition coefficient (Wildman–Crippen LogP) is 15.3. The van der Waals surface area contributed by atoms with Gasteiger partial charge in [-0.05, 0) is 113 Å². The first-order valence-electron chi connectivity index (χ1n) is 20.9. The number of hydrogen-bond donors (Lipinski definition) is 0. The first-order chi connectivity index (χ1) is 30.6. The van der Waals surface area contributed by atoms with Gasteiger partial charge >= 0.3 is 0 Å². The van der Waals surface area contributed by atoms with E-state index in [1.54, 1.807) is 0 Å². The second-order valence-corrected chi connectivity index (χ2v) is 17.1. The molecule has 0 unspecified atom stereocenters. The smallest absolute Gasteiger partial charge is 0.194 e. The molecular weight excluding hydrogens is 801 g/mol. The van der Waals surface area contributed by atoms with Crippen LogP contribution in [0, 0.1) is 34.9 Å². The summed E-state index contributed by atoms with van der Waals surface area (Å²) in [5.41, 5.74) is 9.21. The molecule has 12 rings (SSSR count). The molecule has 0 bridgehead atoms. The van der Waals surface area contributed by atoms with Gasteiger partial charge in [-0.1, -0.05) is 121 Å². The van der Waals surface area contributed by atoms with Gasteiger partial charge in [-0.15, -0.1) is 0 Å². The molecular formula is C56H34F6N+. The lowest BCUT2D eigenvalue weighted by Gasteiger charge is -2.39. The maximum absolute atomic E-state index is 15.4. The van der Waals surface area contributed by atoms with Crippen LogP contribution in [0.15, 0.2) is 158 Å². The van der Waals surface area contributed by atoms with Crippen molar-refractivity contribution in [2.45, 2.75) is 26.2 Å². The molecule has 0 aromatic heterocycles. The van der Waals surface area contributed by atoms with Crippen LogP contribution in [0.3, 0.4) is 0 Å². The Kier molecular flexibility index (Phi) is 8.28. The molecule has 0 atom stereocenters. The molecule has 2 aliphatic rings. The molecule has 304 valence electrons. The second-order valence-electron chi connectivity index (χ2n) is 17.1. The Hall–Kier alpha value is -7.22. The highest BCUT2D eigenvalue weighted by molar-refractivity contribution is 6.12. The minimum Gasteiger partial charge on any atom is -0.309 e. The van der Waals surface area contributed by atoms with E-state index in [1.807, 2.05) is 72.8 Å². The number of nitrogens with zero attached hydrogens (tertiary/aromatic N) is 1. The van der Waals surface area contributed by atoms with Crippen LogP contribution in [0.2, 0.25) is 0 Å². The molecule has 0 amide bonds. The third-order valence-electron chi connectivity index (χ3n) is 13.4. The van der Waals surface area contributed by atoms with Crippen LogP contribution < -0.4 is 0 Å². The van der Waals surface area contributed by atoms with Crippen LogP contribution in [-0.4, -0.2) is 4.48 Å². The SMILES string of the molecule is Fc1cc(-c2cc3ccccc3c3c2C[N+]2(Cc4ccc5ccccc5c4-3)Cc3ccc4ccccc4c3-c3c(c(-c4cc(F)c(F)c(F)c4)cc4ccccc34)C2)cc(F)c1F. The van der Waals surface area contributed by atoms with E-state index in [1.165, 1.54) is 0 Å². The van der Waals surface area contributed by atoms with Crippen molar-refractivity contribution in [3.63, 3.8) is 0 Å². The first kappa shape index (κ1) is 37.5. The average Bonchev–Trinajstić information content (AvgIpc) is 3.54. The quantitative estimate of drug-likeness (QED) is 0.0925. The Labute approximate surface area is 358 Å². The van der Waals surface area contributed by atoms with Gasteiger partial charge in [-0.25, -0.2) is 26.3 Å². The molecule has 63 heavy (non-hydrogen) atoms. The summed E-state index contributed by atoms with van der Waals surface area (Å²) < 4.78 is 91.3. The summed E-state index contributed by atoms with van der Waals surface area (Å²) in [5, 5.41) is 7.71. The van der Waals surface area contributed by atoms with Gasteiger partial charge in [0.15, 0.2) is 34.9 Å². The van der Waals surface area contributed by atoms with Crippen molar-refractivity contribution in [2.24, 2.45) is 0 Å². The molecule has 0 saturated heterocycles. The van der Waals surface area contributed by atoms with Crippen molar-refractivity contribution in [2.75, 3.05) is 0 Å². The lowest BCUT2D eigenvalue weighted by atomic mass is 9.84. The van der Waals surface area contributed by atoms with E-state index in [2.05, 4.69) is 60.7 Å². The summed E-state index contributed by atoms with van der Waals surface area (Å²) in [6, 6.07) is 49.1. The molecule has 0 fully saturated rings. The molecule has 1 nitrogen and oxygen atoms in total. The van der Waals surface area contributed by atoms with E-state index in [0.29, 0.717) is 41.8 Å². The molecule has 10 aromatic carbocycles. The molecule has 0 radical (unpaired) electrons. The molecule has 0 N–H and O–H groups in total. The Morgan fingerprint density at radius 3 is 1.03 bits per heavy atom. The van der Waals surface area contributed by atoms with Gasteiger partial charge in [0.2, 0.25) is 0 Å². The van der Waals surface area contributed by atoms with Crippen molar-refractivity contribution in [1.82, 2.24) is 0 Å². The summed E-state index contributed by atoms with van der Waals surface area (Å²) in [7, 11) is 0. The molecule has 0 aliphatic carbocycles. The summed E-state index contributed by atoms with van der Waals surface area (Å²) >= 11 is 0. The zero-order chi connectivity index (χ0) is 42.7. The molecule has 2 heterocycles. The first-order valence-corrected chi connectivity index (χ1v) is 20.9. The maximum atomic E-state index is 15.4. The lowest BCUT2D eigenvalue weighted by molar-refractivity contribution is -0.977. The van der Waals surface area contributed by atoms with Crippen LogP contribution >= 0.6 is 0 Å². The van der Waals surface area contributed by atoms with Crippen LogP contribution in [0.5, 0.6) is 0 Å². The van der Waals surface area contributed by atoms with Gasteiger partial charge in [0.05, 0.1) is 0 Å². The monoisotopic (exact) mass is 834 g/mol. The minimum atomic E-state index is -1.54. The van der Waals surface area contributed by atoms with Gasteiger partial charge in [0.1, 0.15) is 26.2 Å². The third kappa shape index (κ3) is 5.76. The van der Waals surface area contributed by atoms with Crippen LogP contribution in [0.25, 0.3) is 87.6 Å². The van der Waals surface area contributed by atoms with Gasteiger partial charge < -0.3 is 4.48 Å². The van der Waals surface area contributed by atoms with Crippen LogP contribution in [0.4, 0.5) is 26.3 Å². The van der Waals surface area contributed by atoms with E-state index in [-0.39, 0.29) is 11.1 Å². The average molecular weight is 835 g/mol. The lowest BCUT2D eigenvalue weighted by Crippen LogP contribution is -2.44. The van der Waals surface area contributed by atoms with E-state index in [9.17, 15) is 8.78 Å². The fourth-order valence-electron chi connectivity index (χ4n) is 10.8. The summed E-state index contributed by atoms with van der Waals surface area (Å²) in [4.78, 5) is 0. The Balaban J connectivity index is 1.24. The highest BCUT2D eigenvalue weighted by Gasteiger charge is 2.41. The minimum absolute atomic E-state index is 0.209. The van der Waals surface area contributed by atoms with E-state index < -0.39 is 34.9 Å². The zero-order valence-electron chi connectivity index (χ0n) is 33.6. The second kappa shape index (κ2) is 13.9. The zero-order valence-corrected chi connectivity index (χ0v) is 33.6. The van der Waals surface area contributed by atoms with Crippen molar-refractivity contribution < 1.29 is 30.8 Å². The molecule has 2 aliphatic heterocycles. The standard InChI is InChI=1S/C56H34F6N/c57-47-23-37(24-48(58)55(47)61)43-21-33-11-3-7-15-41(33)53-45(43)29-63(27-35-19-17-31-9-1-5-13-39(31)51(35)53)28-36-20-18-32-10-2-6-14-40(32)52(36)54-42-16-8-4-12-34(42)22-44(46(54)30-63)38-25-49(59)56(62)50(60)26-38/h1-26H,27-30H2/q+1. The van der Waals surface area contributed by atoms with Crippen molar-refractivity contribution >= 4 is 43.1 Å². The Bertz CT molecular complexity index is 3330. The highest BCUT2D eigenvalue weighted by Crippen LogP contribution is 2.53. The van der Waals surface area contributed by atoms with Crippen molar-refractivity contribution in [3.05, 3.63) is 215 Å².